The van der Waals surface area contributed by atoms with Crippen LogP contribution in [0.3, 0.4) is 0 Å². The molecule has 1 aromatic rings. The number of likely N-dealkylation sites (tertiary alicyclic amines) is 1. The van der Waals surface area contributed by atoms with Crippen molar-refractivity contribution in [2.75, 3.05) is 26.2 Å². The van der Waals surface area contributed by atoms with E-state index in [4.69, 9.17) is 0 Å². The molecule has 1 saturated carbocycles. The molecule has 1 aromatic carbocycles. The molecule has 7 heteroatoms. The number of carbonyl (C=O) groups excluding carboxylic acids is 1. The number of hydrogen-bond donors (Lipinski definition) is 1. The Labute approximate surface area is 145 Å². The van der Waals surface area contributed by atoms with Gasteiger partial charge in [0.2, 0.25) is 0 Å². The monoisotopic (exact) mass is 356 g/mol. The highest BCUT2D eigenvalue weighted by Gasteiger charge is 2.55. The van der Waals surface area contributed by atoms with Gasteiger partial charge in [-0.15, -0.1) is 13.2 Å². The van der Waals surface area contributed by atoms with Crippen molar-refractivity contribution in [2.24, 2.45) is 23.7 Å². The number of piperidine rings is 1. The van der Waals surface area contributed by atoms with E-state index >= 15 is 0 Å². The molecule has 0 radical (unpaired) electrons. The lowest BCUT2D eigenvalue weighted by Gasteiger charge is -2.21. The molecule has 1 N–H and O–H groups in total. The number of rotatable bonds is 6. The van der Waals surface area contributed by atoms with Gasteiger partial charge in [-0.2, -0.15) is 0 Å². The summed E-state index contributed by atoms with van der Waals surface area (Å²) in [7, 11) is 0. The minimum absolute atomic E-state index is 0.175. The van der Waals surface area contributed by atoms with Crippen LogP contribution in [0.1, 0.15) is 24.2 Å². The van der Waals surface area contributed by atoms with Crippen molar-refractivity contribution >= 4 is 5.91 Å². The first-order valence-corrected chi connectivity index (χ1v) is 8.59. The standard InChI is InChI=1S/C18H23F3N2O2/c1-11(2)8-23-9-15-14(16(15)10-23)7-22-17(24)12-4-3-5-13(6-12)25-18(19,20)21/h3-6,11,14-16H,7-10H2,1-2H3,(H,22,24). The number of nitrogens with zero attached hydrogens (tertiary/aromatic N) is 1. The average Bonchev–Trinajstić information content (AvgIpc) is 2.95. The van der Waals surface area contributed by atoms with Crippen molar-refractivity contribution in [2.45, 2.75) is 20.2 Å². The van der Waals surface area contributed by atoms with E-state index in [1.807, 2.05) is 0 Å². The molecule has 25 heavy (non-hydrogen) atoms. The molecule has 1 aliphatic carbocycles. The molecule has 2 unspecified atom stereocenters. The summed E-state index contributed by atoms with van der Waals surface area (Å²) in [5, 5.41) is 2.84. The molecule has 2 atom stereocenters. The summed E-state index contributed by atoms with van der Waals surface area (Å²) in [5.74, 6) is 1.67. The summed E-state index contributed by atoms with van der Waals surface area (Å²) in [4.78, 5) is 14.6. The lowest BCUT2D eigenvalue weighted by atomic mass is 10.1. The number of alkyl halides is 3. The van der Waals surface area contributed by atoms with Crippen LogP contribution in [0.2, 0.25) is 0 Å². The largest absolute Gasteiger partial charge is 0.573 e. The molecule has 1 amide bonds. The lowest BCUT2D eigenvalue weighted by Crippen LogP contribution is -2.32. The summed E-state index contributed by atoms with van der Waals surface area (Å²) in [6.45, 7) is 8.26. The highest BCUT2D eigenvalue weighted by atomic mass is 19.4. The van der Waals surface area contributed by atoms with E-state index in [0.29, 0.717) is 30.2 Å². The fourth-order valence-electron chi connectivity index (χ4n) is 3.85. The van der Waals surface area contributed by atoms with Crippen molar-refractivity contribution in [1.29, 1.82) is 0 Å². The van der Waals surface area contributed by atoms with Crippen LogP contribution >= 0.6 is 0 Å². The molecule has 3 rings (SSSR count). The summed E-state index contributed by atoms with van der Waals surface area (Å²) < 4.78 is 40.6. The molecular weight excluding hydrogens is 333 g/mol. The summed E-state index contributed by atoms with van der Waals surface area (Å²) in [6.07, 6.45) is -4.76. The minimum atomic E-state index is -4.76. The number of carbonyl (C=O) groups is 1. The molecule has 0 bridgehead atoms. The Morgan fingerprint density at radius 3 is 2.60 bits per heavy atom. The molecule has 0 spiro atoms. The number of nitrogens with one attached hydrogen (secondary N) is 1. The normalized spacial score (nSPS) is 25.8. The maximum absolute atomic E-state index is 12.3. The maximum Gasteiger partial charge on any atom is 0.573 e. The molecule has 1 saturated heterocycles. The van der Waals surface area contributed by atoms with Gasteiger partial charge < -0.3 is 15.0 Å². The van der Waals surface area contributed by atoms with Crippen LogP contribution < -0.4 is 10.1 Å². The van der Waals surface area contributed by atoms with Crippen molar-refractivity contribution in [3.05, 3.63) is 29.8 Å². The van der Waals surface area contributed by atoms with E-state index in [-0.39, 0.29) is 17.2 Å². The highest BCUT2D eigenvalue weighted by Crippen LogP contribution is 2.51. The second-order valence-corrected chi connectivity index (χ2v) is 7.39. The highest BCUT2D eigenvalue weighted by molar-refractivity contribution is 5.94. The van der Waals surface area contributed by atoms with Crippen molar-refractivity contribution in [3.63, 3.8) is 0 Å². The first kappa shape index (κ1) is 18.0. The van der Waals surface area contributed by atoms with E-state index in [1.54, 1.807) is 0 Å². The summed E-state index contributed by atoms with van der Waals surface area (Å²) in [6, 6.07) is 5.15. The van der Waals surface area contributed by atoms with E-state index in [0.717, 1.165) is 25.7 Å². The third-order valence-electron chi connectivity index (χ3n) is 4.90. The Bertz CT molecular complexity index is 621. The van der Waals surface area contributed by atoms with Crippen LogP contribution in [0.5, 0.6) is 5.75 Å². The zero-order valence-electron chi connectivity index (χ0n) is 14.3. The Kier molecular flexibility index (Phi) is 4.95. The van der Waals surface area contributed by atoms with Crippen molar-refractivity contribution in [1.82, 2.24) is 10.2 Å². The van der Waals surface area contributed by atoms with Crippen LogP contribution in [0, 0.1) is 23.7 Å². The third kappa shape index (κ3) is 4.66. The Balaban J connectivity index is 1.46. The first-order chi connectivity index (χ1) is 11.7. The van der Waals surface area contributed by atoms with Crippen LogP contribution in [0.15, 0.2) is 24.3 Å². The van der Waals surface area contributed by atoms with Crippen LogP contribution in [-0.2, 0) is 0 Å². The first-order valence-electron chi connectivity index (χ1n) is 8.59. The van der Waals surface area contributed by atoms with Gasteiger partial charge in [0.05, 0.1) is 0 Å². The third-order valence-corrected chi connectivity index (χ3v) is 4.90. The van der Waals surface area contributed by atoms with Gasteiger partial charge in [-0.05, 0) is 41.9 Å². The van der Waals surface area contributed by atoms with E-state index in [2.05, 4.69) is 28.8 Å². The molecular formula is C18H23F3N2O2. The number of hydrogen-bond acceptors (Lipinski definition) is 3. The minimum Gasteiger partial charge on any atom is -0.406 e. The number of ether oxygens (including phenoxy) is 1. The van der Waals surface area contributed by atoms with Crippen molar-refractivity contribution in [3.8, 4) is 5.75 Å². The van der Waals surface area contributed by atoms with Gasteiger partial charge >= 0.3 is 6.36 Å². The zero-order valence-corrected chi connectivity index (χ0v) is 14.3. The molecule has 2 fully saturated rings. The van der Waals surface area contributed by atoms with Crippen LogP contribution in [0.4, 0.5) is 13.2 Å². The topological polar surface area (TPSA) is 41.6 Å². The zero-order chi connectivity index (χ0) is 18.2. The predicted octanol–water partition coefficient (Wildman–Crippen LogP) is 3.15. The SMILES string of the molecule is CC(C)CN1CC2C(CNC(=O)c3cccc(OC(F)(F)F)c3)C2C1. The maximum atomic E-state index is 12.3. The molecule has 4 nitrogen and oxygen atoms in total. The second kappa shape index (κ2) is 6.86. The molecule has 138 valence electrons. The van der Waals surface area contributed by atoms with Crippen molar-refractivity contribution < 1.29 is 22.7 Å². The van der Waals surface area contributed by atoms with E-state index < -0.39 is 6.36 Å². The quantitative estimate of drug-likeness (QED) is 0.851. The molecule has 1 aliphatic heterocycles. The van der Waals surface area contributed by atoms with Crippen LogP contribution in [0.25, 0.3) is 0 Å². The van der Waals surface area contributed by atoms with Crippen LogP contribution in [-0.4, -0.2) is 43.3 Å². The Morgan fingerprint density at radius 2 is 2.00 bits per heavy atom. The second-order valence-electron chi connectivity index (χ2n) is 7.39. The average molecular weight is 356 g/mol. The fraction of sp³-hybridized carbons (Fsp3) is 0.611. The van der Waals surface area contributed by atoms with Gasteiger partial charge in [0.15, 0.2) is 0 Å². The summed E-state index contributed by atoms with van der Waals surface area (Å²) >= 11 is 0. The smallest absolute Gasteiger partial charge is 0.406 e. The number of amides is 1. The Hall–Kier alpha value is -1.76. The fourth-order valence-corrected chi connectivity index (χ4v) is 3.85. The molecule has 1 heterocycles. The molecule has 0 aromatic heterocycles. The van der Waals surface area contributed by atoms with E-state index in [1.165, 1.54) is 18.2 Å². The van der Waals surface area contributed by atoms with Gasteiger partial charge in [0.1, 0.15) is 5.75 Å². The number of fused-ring (bicyclic) bond motifs is 1. The van der Waals surface area contributed by atoms with Gasteiger partial charge in [0, 0.05) is 31.7 Å². The van der Waals surface area contributed by atoms with E-state index in [9.17, 15) is 18.0 Å². The van der Waals surface area contributed by atoms with Gasteiger partial charge in [-0.25, -0.2) is 0 Å². The van der Waals surface area contributed by atoms with Gasteiger partial charge in [-0.3, -0.25) is 4.79 Å². The van der Waals surface area contributed by atoms with Gasteiger partial charge in [-0.1, -0.05) is 19.9 Å². The Morgan fingerprint density at radius 1 is 1.32 bits per heavy atom. The predicted molar refractivity (Wildman–Crippen MR) is 87.2 cm³/mol. The number of benzene rings is 1. The lowest BCUT2D eigenvalue weighted by molar-refractivity contribution is -0.274. The summed E-state index contributed by atoms with van der Waals surface area (Å²) in [5.41, 5.74) is 0.175. The molecule has 2 aliphatic rings. The number of halogens is 3. The van der Waals surface area contributed by atoms with Gasteiger partial charge in [0.25, 0.3) is 5.91 Å².